The van der Waals surface area contributed by atoms with Crippen molar-refractivity contribution >= 4 is 40.5 Å². The quantitative estimate of drug-likeness (QED) is 0.103. The molecule has 0 saturated carbocycles. The lowest BCUT2D eigenvalue weighted by molar-refractivity contribution is -0.155. The predicted octanol–water partition coefficient (Wildman–Crippen LogP) is 6.85. The van der Waals surface area contributed by atoms with Gasteiger partial charge in [-0.1, -0.05) is 71.5 Å². The van der Waals surface area contributed by atoms with E-state index >= 15 is 0 Å². The summed E-state index contributed by atoms with van der Waals surface area (Å²) in [5.41, 5.74) is 10.9. The highest BCUT2D eigenvalue weighted by molar-refractivity contribution is 5.96. The van der Waals surface area contributed by atoms with Crippen LogP contribution in [0.25, 0.3) is 33.3 Å². The van der Waals surface area contributed by atoms with E-state index < -0.39 is 41.3 Å². The number of nitrogens with zero attached hydrogens (tertiary/aromatic N) is 6. The van der Waals surface area contributed by atoms with Crippen LogP contribution in [-0.4, -0.2) is 124 Å². The minimum absolute atomic E-state index is 0.0835. The zero-order chi connectivity index (χ0) is 48.8. The summed E-state index contributed by atoms with van der Waals surface area (Å²) in [5.74, 6) is -2.60. The van der Waals surface area contributed by atoms with Gasteiger partial charge >= 0.3 is 5.97 Å². The van der Waals surface area contributed by atoms with Crippen molar-refractivity contribution in [3.63, 3.8) is 0 Å². The Morgan fingerprint density at radius 2 is 1.81 bits per heavy atom. The first-order valence-electron chi connectivity index (χ1n) is 24.4. The maximum Gasteiger partial charge on any atom is 0.324 e. The van der Waals surface area contributed by atoms with Gasteiger partial charge in [-0.2, -0.15) is 0 Å². The number of ether oxygens (including phenoxy) is 2. The number of aryl methyl sites for hydroxylation is 1. The fraction of sp³-hybridized carbons (Fsp3) is 0.519. The molecule has 4 aliphatic heterocycles. The number of carbonyl (C=O) groups excluding carboxylic acids is 5. The van der Waals surface area contributed by atoms with Crippen molar-refractivity contribution in [3.8, 4) is 22.4 Å². The van der Waals surface area contributed by atoms with Crippen LogP contribution >= 0.6 is 0 Å². The van der Waals surface area contributed by atoms with Gasteiger partial charge in [0, 0.05) is 75.0 Å². The summed E-state index contributed by atoms with van der Waals surface area (Å²) in [4.78, 5) is 79.9. The Morgan fingerprint density at radius 1 is 1.04 bits per heavy atom. The van der Waals surface area contributed by atoms with Crippen molar-refractivity contribution in [1.29, 1.82) is 0 Å². The highest BCUT2D eigenvalue weighted by atomic mass is 16.5. The fourth-order valence-corrected chi connectivity index (χ4v) is 11.0. The molecule has 0 radical (unpaired) electrons. The lowest BCUT2D eigenvalue weighted by Gasteiger charge is -2.36. The second-order valence-electron chi connectivity index (χ2n) is 20.6. The van der Waals surface area contributed by atoms with Gasteiger partial charge in [-0.05, 0) is 104 Å². The number of amides is 4. The van der Waals surface area contributed by atoms with Crippen LogP contribution in [0.5, 0.6) is 0 Å². The first kappa shape index (κ1) is 48.6. The van der Waals surface area contributed by atoms with Gasteiger partial charge < -0.3 is 28.7 Å². The van der Waals surface area contributed by atoms with Gasteiger partial charge in [-0.25, -0.2) is 5.43 Å². The number of hydrogen-bond acceptors (Lipinski definition) is 9. The van der Waals surface area contributed by atoms with Crippen molar-refractivity contribution in [1.82, 2.24) is 34.7 Å². The number of hydrogen-bond donors (Lipinski definition) is 1. The number of aromatic nitrogens is 2. The number of esters is 1. The van der Waals surface area contributed by atoms with Crippen LogP contribution in [0.1, 0.15) is 84.2 Å². The van der Waals surface area contributed by atoms with Gasteiger partial charge in [0.05, 0.1) is 42.0 Å². The molecule has 7 atom stereocenters. The Labute approximate surface area is 401 Å². The van der Waals surface area contributed by atoms with Crippen LogP contribution in [-0.2, 0) is 52.8 Å². The number of methoxy groups -OCH3 is 1. The molecule has 3 fully saturated rings. The van der Waals surface area contributed by atoms with Gasteiger partial charge in [-0.3, -0.25) is 34.0 Å². The first-order valence-corrected chi connectivity index (χ1v) is 24.4. The lowest BCUT2D eigenvalue weighted by atomic mass is 9.84. The molecule has 6 bridgehead atoms. The zero-order valence-electron chi connectivity index (χ0n) is 41.3. The Kier molecular flexibility index (Phi) is 14.0. The number of carbonyl (C=O) groups is 5. The van der Waals surface area contributed by atoms with Gasteiger partial charge in [-0.15, -0.1) is 0 Å². The average molecular weight is 928 g/mol. The Balaban J connectivity index is 1.16. The van der Waals surface area contributed by atoms with E-state index in [2.05, 4.69) is 73.7 Å². The van der Waals surface area contributed by atoms with Crippen LogP contribution in [0.2, 0.25) is 0 Å². The van der Waals surface area contributed by atoms with E-state index in [1.807, 2.05) is 45.9 Å². The Morgan fingerprint density at radius 3 is 2.53 bits per heavy atom. The molecule has 3 saturated heterocycles. The molecule has 0 spiro atoms. The van der Waals surface area contributed by atoms with E-state index in [9.17, 15) is 24.0 Å². The van der Waals surface area contributed by atoms with E-state index in [0.29, 0.717) is 51.9 Å². The molecule has 2 aromatic carbocycles. The predicted molar refractivity (Wildman–Crippen MR) is 262 cm³/mol. The largest absolute Gasteiger partial charge is 0.464 e. The molecule has 68 heavy (non-hydrogen) atoms. The van der Waals surface area contributed by atoms with E-state index in [4.69, 9.17) is 14.5 Å². The number of pyridine rings is 1. The second kappa shape index (κ2) is 19.6. The van der Waals surface area contributed by atoms with E-state index in [1.54, 1.807) is 40.1 Å². The van der Waals surface area contributed by atoms with Crippen LogP contribution < -0.4 is 5.43 Å². The molecule has 2 unspecified atom stereocenters. The number of likely N-dealkylation sites (N-methyl/N-ethyl adjacent to an activating group) is 1. The van der Waals surface area contributed by atoms with E-state index in [1.165, 1.54) is 6.08 Å². The van der Waals surface area contributed by atoms with Crippen molar-refractivity contribution in [3.05, 3.63) is 90.3 Å². The molecule has 0 aliphatic carbocycles. The number of fused-ring (bicyclic) bond motifs is 6. The van der Waals surface area contributed by atoms with Gasteiger partial charge in [0.25, 0.3) is 0 Å². The molecule has 8 rings (SSSR count). The minimum atomic E-state index is -0.769. The monoisotopic (exact) mass is 928 g/mol. The molecule has 14 heteroatoms. The summed E-state index contributed by atoms with van der Waals surface area (Å²) in [7, 11) is 3.37. The van der Waals surface area contributed by atoms with Gasteiger partial charge in [0.15, 0.2) is 0 Å². The number of cyclic esters (lactones) is 1. The molecule has 4 aliphatic rings. The normalized spacial score (nSPS) is 23.8. The number of likely N-dealkylation sites (tertiary alicyclic amines) is 1. The maximum absolute atomic E-state index is 14.9. The Hall–Kier alpha value is -5.86. The lowest BCUT2D eigenvalue weighted by Crippen LogP contribution is -2.58. The third-order valence-corrected chi connectivity index (χ3v) is 14.8. The summed E-state index contributed by atoms with van der Waals surface area (Å²) in [6.45, 7) is 20.2. The van der Waals surface area contributed by atoms with Gasteiger partial charge in [0.1, 0.15) is 12.1 Å². The van der Waals surface area contributed by atoms with E-state index in [0.717, 1.165) is 50.1 Å². The zero-order valence-corrected chi connectivity index (χ0v) is 41.3. The van der Waals surface area contributed by atoms with Crippen LogP contribution in [0.15, 0.2) is 73.4 Å². The maximum atomic E-state index is 14.9. The molecule has 362 valence electrons. The summed E-state index contributed by atoms with van der Waals surface area (Å²) in [6, 6.07) is 17.1. The number of benzene rings is 2. The molecule has 6 heterocycles. The van der Waals surface area contributed by atoms with Crippen LogP contribution in [0, 0.1) is 29.1 Å². The van der Waals surface area contributed by atoms with E-state index in [-0.39, 0.29) is 54.7 Å². The van der Waals surface area contributed by atoms with Crippen molar-refractivity contribution in [2.75, 3.05) is 46.9 Å². The summed E-state index contributed by atoms with van der Waals surface area (Å²) in [5, 5.41) is 2.67. The SMILES string of the molecule is C=CC(=O)N1C[C@H](C(=O)N(C)[C@H](C(=O)N2CC2C2Cc3cccc(c3)-c3ccc4c(c3)c(c(-c3cccnc3[C@H](C)OC)n4CC)CC(C)(C)COC(=O)[C@@H]3CCCN(N3)C2=O)C(C)C)[C@@H](C)C1. The number of hydrazine groups is 1. The topological polar surface area (TPSA) is 146 Å². The van der Waals surface area contributed by atoms with Crippen LogP contribution in [0.4, 0.5) is 0 Å². The minimum Gasteiger partial charge on any atom is -0.464 e. The number of rotatable bonds is 10. The molecular formula is C54H69N7O7. The fourth-order valence-electron chi connectivity index (χ4n) is 11.0. The van der Waals surface area contributed by atoms with Gasteiger partial charge in [0.2, 0.25) is 23.6 Å². The van der Waals surface area contributed by atoms with Crippen molar-refractivity contribution < 1.29 is 33.4 Å². The molecule has 4 aromatic rings. The number of nitrogens with one attached hydrogen (secondary N) is 1. The second-order valence-corrected chi connectivity index (χ2v) is 20.6. The molecule has 1 N–H and O–H groups in total. The average Bonchev–Trinajstić information content (AvgIpc) is 3.95. The summed E-state index contributed by atoms with van der Waals surface area (Å²) in [6.07, 6.45) is 4.89. The highest BCUT2D eigenvalue weighted by Crippen LogP contribution is 2.42. The molecule has 14 nitrogen and oxygen atoms in total. The van der Waals surface area contributed by atoms with Crippen molar-refractivity contribution in [2.45, 2.75) is 105 Å². The van der Waals surface area contributed by atoms with Crippen LogP contribution in [0.3, 0.4) is 0 Å². The first-order chi connectivity index (χ1) is 32.5. The standard InChI is InChI=1S/C54H69N7O7/c1-11-46(62)58-28-33(5)42(29-58)50(63)57(9)48(32(3)4)52(65)60-30-45(60)40-25-35-16-13-17-36(24-35)37-20-21-44-39(26-37)41(49(59(44)12-2)38-18-14-22-55-47(38)34(6)67-10)27-54(7,8)31-68-53(66)43-19-15-23-61(56-43)51(40)64/h11,13-14,16-18,20-22,24,26,32-34,40,42-43,45,48,56H,1,12,15,19,23,25,27-31H2,2-10H3/t33-,34-,40?,42-,43-,45?,48-,60?/m0/s1. The molecular weight excluding hydrogens is 859 g/mol. The molecule has 2 aromatic heterocycles. The molecule has 4 amide bonds. The summed E-state index contributed by atoms with van der Waals surface area (Å²) < 4.78 is 14.4. The highest BCUT2D eigenvalue weighted by Gasteiger charge is 2.52. The third kappa shape index (κ3) is 9.46. The summed E-state index contributed by atoms with van der Waals surface area (Å²) >= 11 is 0. The van der Waals surface area contributed by atoms with Crippen molar-refractivity contribution in [2.24, 2.45) is 29.1 Å². The Bertz CT molecular complexity index is 2600. The smallest absolute Gasteiger partial charge is 0.324 e. The third-order valence-electron chi connectivity index (χ3n) is 14.8.